The Kier molecular flexibility index (Phi) is 3.23. The van der Waals surface area contributed by atoms with Crippen LogP contribution in [0.1, 0.15) is 45.6 Å². The van der Waals surface area contributed by atoms with Crippen LogP contribution in [-0.2, 0) is 17.8 Å². The predicted molar refractivity (Wildman–Crippen MR) is 90.6 cm³/mol. The lowest BCUT2D eigenvalue weighted by Gasteiger charge is -2.32. The van der Waals surface area contributed by atoms with E-state index in [2.05, 4.69) is 4.99 Å². The number of aliphatic imine (C=N–C) groups is 1. The molecule has 2 amide bonds. The van der Waals surface area contributed by atoms with E-state index in [0.717, 1.165) is 22.3 Å². The van der Waals surface area contributed by atoms with Crippen molar-refractivity contribution in [3.8, 4) is 0 Å². The maximum atomic E-state index is 13.0. The minimum Gasteiger partial charge on any atom is -0.383 e. The first-order chi connectivity index (χ1) is 11.6. The van der Waals surface area contributed by atoms with Crippen molar-refractivity contribution in [2.75, 3.05) is 0 Å². The van der Waals surface area contributed by atoms with E-state index in [4.69, 9.17) is 5.73 Å². The Morgan fingerprint density at radius 1 is 1.08 bits per heavy atom. The molecule has 2 N–H and O–H groups in total. The Balaban J connectivity index is 1.76. The van der Waals surface area contributed by atoms with Gasteiger partial charge in [0.1, 0.15) is 5.84 Å². The van der Waals surface area contributed by atoms with Crippen LogP contribution >= 0.6 is 0 Å². The van der Waals surface area contributed by atoms with Crippen LogP contribution in [0.25, 0.3) is 0 Å². The number of imide groups is 1. The number of nitrogens with two attached hydrogens (primary N) is 1. The minimum atomic E-state index is -0.307. The smallest absolute Gasteiger partial charge is 0.261 e. The van der Waals surface area contributed by atoms with Crippen LogP contribution in [0.3, 0.4) is 0 Å². The third-order valence-corrected chi connectivity index (χ3v) is 4.75. The summed E-state index contributed by atoms with van der Waals surface area (Å²) in [7, 11) is 0. The number of carbonyl (C=O) groups excluding carboxylic acids is 2. The average molecular weight is 319 g/mol. The SMILES string of the molecule is C[C@H](c1ccccc1)N1C(=O)Cc2cc3c(cc2C1=O)C(N)=NC3. The van der Waals surface area contributed by atoms with E-state index in [1.807, 2.05) is 43.3 Å². The second kappa shape index (κ2) is 5.30. The molecule has 0 fully saturated rings. The van der Waals surface area contributed by atoms with Crippen molar-refractivity contribution in [2.24, 2.45) is 10.7 Å². The monoisotopic (exact) mass is 319 g/mol. The van der Waals surface area contributed by atoms with Gasteiger partial charge in [-0.2, -0.15) is 0 Å². The van der Waals surface area contributed by atoms with Gasteiger partial charge in [-0.1, -0.05) is 36.4 Å². The van der Waals surface area contributed by atoms with Gasteiger partial charge < -0.3 is 5.73 Å². The summed E-state index contributed by atoms with van der Waals surface area (Å²) >= 11 is 0. The number of hydrogen-bond donors (Lipinski definition) is 1. The van der Waals surface area contributed by atoms with E-state index < -0.39 is 0 Å². The van der Waals surface area contributed by atoms with Gasteiger partial charge in [0.15, 0.2) is 0 Å². The molecule has 2 aromatic carbocycles. The third kappa shape index (κ3) is 2.12. The van der Waals surface area contributed by atoms with E-state index in [1.54, 1.807) is 6.07 Å². The molecule has 0 spiro atoms. The van der Waals surface area contributed by atoms with Crippen LogP contribution in [0, 0.1) is 0 Å². The number of amidine groups is 1. The Hall–Kier alpha value is -2.95. The Morgan fingerprint density at radius 2 is 1.83 bits per heavy atom. The first-order valence-corrected chi connectivity index (χ1v) is 7.93. The van der Waals surface area contributed by atoms with Crippen LogP contribution in [0.5, 0.6) is 0 Å². The van der Waals surface area contributed by atoms with E-state index in [0.29, 0.717) is 17.9 Å². The summed E-state index contributed by atoms with van der Waals surface area (Å²) in [5.41, 5.74) is 9.94. The first kappa shape index (κ1) is 14.6. The van der Waals surface area contributed by atoms with Gasteiger partial charge >= 0.3 is 0 Å². The highest BCUT2D eigenvalue weighted by Crippen LogP contribution is 2.31. The fourth-order valence-corrected chi connectivity index (χ4v) is 3.43. The average Bonchev–Trinajstić information content (AvgIpc) is 2.94. The standard InChI is InChI=1S/C19H17N3O2/c1-11(12-5-3-2-4-6-12)22-17(23)8-13-7-14-10-21-18(20)15(14)9-16(13)19(22)24/h2-7,9,11H,8,10H2,1H3,(H2,20,21)/t11-/m1/s1. The van der Waals surface area contributed by atoms with Crippen LogP contribution < -0.4 is 5.73 Å². The number of benzene rings is 2. The highest BCUT2D eigenvalue weighted by Gasteiger charge is 2.36. The zero-order valence-electron chi connectivity index (χ0n) is 13.3. The number of fused-ring (bicyclic) bond motifs is 2. The highest BCUT2D eigenvalue weighted by molar-refractivity contribution is 6.12. The molecule has 0 saturated carbocycles. The van der Waals surface area contributed by atoms with Crippen LogP contribution in [0.4, 0.5) is 0 Å². The van der Waals surface area contributed by atoms with Crippen molar-refractivity contribution in [2.45, 2.75) is 25.9 Å². The maximum Gasteiger partial charge on any atom is 0.261 e. The minimum absolute atomic E-state index is 0.171. The van der Waals surface area contributed by atoms with E-state index in [9.17, 15) is 9.59 Å². The lowest BCUT2D eigenvalue weighted by atomic mass is 9.91. The molecule has 5 heteroatoms. The normalized spacial score (nSPS) is 17.4. The van der Waals surface area contributed by atoms with E-state index in [1.165, 1.54) is 4.90 Å². The molecule has 2 heterocycles. The van der Waals surface area contributed by atoms with Gasteiger partial charge in [0, 0.05) is 11.1 Å². The van der Waals surface area contributed by atoms with E-state index >= 15 is 0 Å². The molecular formula is C19H17N3O2. The summed E-state index contributed by atoms with van der Waals surface area (Å²) in [4.78, 5) is 31.1. The van der Waals surface area contributed by atoms with Gasteiger partial charge in [-0.3, -0.25) is 19.5 Å². The Labute approximate surface area is 139 Å². The van der Waals surface area contributed by atoms with Gasteiger partial charge in [0.05, 0.1) is 19.0 Å². The topological polar surface area (TPSA) is 75.8 Å². The summed E-state index contributed by atoms with van der Waals surface area (Å²) in [5.74, 6) is 0.0240. The lowest BCUT2D eigenvalue weighted by molar-refractivity contribution is -0.130. The van der Waals surface area contributed by atoms with Crippen LogP contribution in [0.15, 0.2) is 47.5 Å². The zero-order valence-corrected chi connectivity index (χ0v) is 13.3. The van der Waals surface area contributed by atoms with Crippen molar-refractivity contribution in [3.63, 3.8) is 0 Å². The number of rotatable bonds is 2. The number of hydrogen-bond acceptors (Lipinski definition) is 4. The van der Waals surface area contributed by atoms with Gasteiger partial charge in [-0.15, -0.1) is 0 Å². The maximum absolute atomic E-state index is 13.0. The highest BCUT2D eigenvalue weighted by atomic mass is 16.2. The lowest BCUT2D eigenvalue weighted by Crippen LogP contribution is -2.44. The van der Waals surface area contributed by atoms with Crippen LogP contribution in [-0.4, -0.2) is 22.5 Å². The van der Waals surface area contributed by atoms with Gasteiger partial charge in [0.25, 0.3) is 5.91 Å². The molecule has 0 unspecified atom stereocenters. The second-order valence-electron chi connectivity index (χ2n) is 6.20. The molecule has 2 aromatic rings. The molecule has 1 atom stereocenters. The molecule has 24 heavy (non-hydrogen) atoms. The fourth-order valence-electron chi connectivity index (χ4n) is 3.43. The third-order valence-electron chi connectivity index (χ3n) is 4.75. The van der Waals surface area contributed by atoms with Gasteiger partial charge in [-0.25, -0.2) is 0 Å². The quantitative estimate of drug-likeness (QED) is 0.862. The number of carbonyl (C=O) groups is 2. The number of amides is 2. The molecule has 120 valence electrons. The molecular weight excluding hydrogens is 302 g/mol. The summed E-state index contributed by atoms with van der Waals surface area (Å²) in [6.07, 6.45) is 0.228. The molecule has 2 aliphatic heterocycles. The second-order valence-corrected chi connectivity index (χ2v) is 6.20. The zero-order chi connectivity index (χ0) is 16.8. The van der Waals surface area contributed by atoms with Crippen molar-refractivity contribution in [1.82, 2.24) is 4.90 Å². The van der Waals surface area contributed by atoms with Gasteiger partial charge in [0.2, 0.25) is 5.91 Å². The molecule has 0 saturated heterocycles. The molecule has 0 aromatic heterocycles. The van der Waals surface area contributed by atoms with E-state index in [-0.39, 0.29) is 24.3 Å². The first-order valence-electron chi connectivity index (χ1n) is 7.93. The van der Waals surface area contributed by atoms with Crippen molar-refractivity contribution in [1.29, 1.82) is 0 Å². The summed E-state index contributed by atoms with van der Waals surface area (Å²) in [6, 6.07) is 13.0. The summed E-state index contributed by atoms with van der Waals surface area (Å²) in [5, 5.41) is 0. The summed E-state index contributed by atoms with van der Waals surface area (Å²) in [6.45, 7) is 2.39. The molecule has 4 rings (SSSR count). The summed E-state index contributed by atoms with van der Waals surface area (Å²) < 4.78 is 0. The van der Waals surface area contributed by atoms with Crippen molar-refractivity contribution in [3.05, 3.63) is 70.3 Å². The Bertz CT molecular complexity index is 887. The predicted octanol–water partition coefficient (Wildman–Crippen LogP) is 2.19. The molecule has 0 bridgehead atoms. The molecule has 2 aliphatic rings. The van der Waals surface area contributed by atoms with Crippen molar-refractivity contribution >= 4 is 17.6 Å². The van der Waals surface area contributed by atoms with Crippen molar-refractivity contribution < 1.29 is 9.59 Å². The largest absolute Gasteiger partial charge is 0.383 e. The Morgan fingerprint density at radius 3 is 2.58 bits per heavy atom. The fraction of sp³-hybridized carbons (Fsp3) is 0.211. The van der Waals surface area contributed by atoms with Gasteiger partial charge in [-0.05, 0) is 29.7 Å². The van der Waals surface area contributed by atoms with Crippen LogP contribution in [0.2, 0.25) is 0 Å². The molecule has 0 radical (unpaired) electrons. The number of nitrogens with zero attached hydrogens (tertiary/aromatic N) is 2. The molecule has 5 nitrogen and oxygen atoms in total. The molecule has 0 aliphatic carbocycles.